The van der Waals surface area contributed by atoms with Gasteiger partial charge in [-0.1, -0.05) is 6.07 Å². The summed E-state index contributed by atoms with van der Waals surface area (Å²) in [6.45, 7) is 8.48. The zero-order chi connectivity index (χ0) is 16.9. The van der Waals surface area contributed by atoms with Gasteiger partial charge in [-0.15, -0.1) is 24.0 Å². The molecule has 25 heavy (non-hydrogen) atoms. The number of hydrogen-bond acceptors (Lipinski definition) is 2. The molecule has 0 radical (unpaired) electrons. The number of nitrogens with zero attached hydrogens (tertiary/aromatic N) is 1. The predicted molar refractivity (Wildman–Crippen MR) is 114 cm³/mol. The highest BCUT2D eigenvalue weighted by atomic mass is 127. The van der Waals surface area contributed by atoms with Crippen molar-refractivity contribution in [2.24, 2.45) is 4.99 Å². The molecule has 0 bridgehead atoms. The molecule has 0 saturated heterocycles. The molecule has 3 N–H and O–H groups in total. The van der Waals surface area contributed by atoms with Gasteiger partial charge in [-0.3, -0.25) is 0 Å². The number of rotatable bonds is 5. The van der Waals surface area contributed by atoms with Crippen LogP contribution in [0, 0.1) is 13.8 Å². The maximum atomic E-state index is 5.08. The van der Waals surface area contributed by atoms with Gasteiger partial charge in [-0.05, 0) is 50.1 Å². The maximum absolute atomic E-state index is 5.08. The summed E-state index contributed by atoms with van der Waals surface area (Å²) in [6, 6.07) is 8.45. The molecule has 0 unspecified atom stereocenters. The standard InChI is InChI=1S/C19H24N4O.HI/c1-4-20-19(22-11-16-7-8-24-12-16)21-10-15-5-6-18-17(9-15)13(2)14(3)23-18;/h5-9,12,23H,4,10-11H2,1-3H3,(H2,20,21,22);1H. The molecule has 0 aliphatic heterocycles. The molecule has 0 amide bonds. The number of aryl methyl sites for hydroxylation is 2. The number of hydrogen-bond donors (Lipinski definition) is 3. The molecule has 0 aliphatic carbocycles. The lowest BCUT2D eigenvalue weighted by Crippen LogP contribution is -2.36. The fraction of sp³-hybridized carbons (Fsp3) is 0.316. The minimum absolute atomic E-state index is 0. The molecule has 2 heterocycles. The van der Waals surface area contributed by atoms with Gasteiger partial charge < -0.3 is 20.0 Å². The minimum atomic E-state index is 0. The number of halogens is 1. The highest BCUT2D eigenvalue weighted by Gasteiger charge is 2.05. The van der Waals surface area contributed by atoms with Gasteiger partial charge >= 0.3 is 0 Å². The second kappa shape index (κ2) is 8.94. The molecular formula is C19H25IN4O. The molecule has 0 atom stereocenters. The Bertz CT molecular complexity index is 837. The van der Waals surface area contributed by atoms with E-state index < -0.39 is 0 Å². The van der Waals surface area contributed by atoms with Crippen LogP contribution >= 0.6 is 24.0 Å². The van der Waals surface area contributed by atoms with Crippen LogP contribution in [0.3, 0.4) is 0 Å². The number of benzene rings is 1. The van der Waals surface area contributed by atoms with Crippen molar-refractivity contribution in [1.29, 1.82) is 0 Å². The van der Waals surface area contributed by atoms with Crippen LogP contribution in [0.1, 0.15) is 29.3 Å². The Morgan fingerprint density at radius 1 is 1.16 bits per heavy atom. The Kier molecular flexibility index (Phi) is 6.92. The van der Waals surface area contributed by atoms with E-state index in [2.05, 4.69) is 59.6 Å². The van der Waals surface area contributed by atoms with Gasteiger partial charge in [-0.2, -0.15) is 0 Å². The van der Waals surface area contributed by atoms with Crippen LogP contribution in [0.5, 0.6) is 0 Å². The fourth-order valence-electron chi connectivity index (χ4n) is 2.70. The number of guanidine groups is 1. The van der Waals surface area contributed by atoms with Gasteiger partial charge in [0.1, 0.15) is 0 Å². The molecule has 0 fully saturated rings. The first-order valence-corrected chi connectivity index (χ1v) is 8.28. The predicted octanol–water partition coefficient (Wildman–Crippen LogP) is 4.25. The third kappa shape index (κ3) is 4.78. The number of H-pyrrole nitrogens is 1. The quantitative estimate of drug-likeness (QED) is 0.308. The summed E-state index contributed by atoms with van der Waals surface area (Å²) < 4.78 is 5.08. The second-order valence-corrected chi connectivity index (χ2v) is 5.94. The molecule has 0 saturated carbocycles. The zero-order valence-electron chi connectivity index (χ0n) is 14.8. The molecule has 3 rings (SSSR count). The van der Waals surface area contributed by atoms with Crippen LogP contribution in [0.15, 0.2) is 46.2 Å². The SMILES string of the molecule is CCNC(=NCc1ccoc1)NCc1ccc2[nH]c(C)c(C)c2c1.I. The summed E-state index contributed by atoms with van der Waals surface area (Å²) in [6.07, 6.45) is 3.39. The fourth-order valence-corrected chi connectivity index (χ4v) is 2.70. The molecule has 6 heteroatoms. The Labute approximate surface area is 165 Å². The first-order valence-electron chi connectivity index (χ1n) is 8.28. The van der Waals surface area contributed by atoms with Crippen LogP contribution < -0.4 is 10.6 Å². The van der Waals surface area contributed by atoms with Crippen molar-refractivity contribution >= 4 is 40.8 Å². The van der Waals surface area contributed by atoms with E-state index in [1.54, 1.807) is 12.5 Å². The minimum Gasteiger partial charge on any atom is -0.472 e. The van der Waals surface area contributed by atoms with Gasteiger partial charge in [0, 0.05) is 35.2 Å². The summed E-state index contributed by atoms with van der Waals surface area (Å²) in [4.78, 5) is 7.99. The molecule has 3 aromatic rings. The van der Waals surface area contributed by atoms with E-state index in [9.17, 15) is 0 Å². The highest BCUT2D eigenvalue weighted by molar-refractivity contribution is 14.0. The number of nitrogens with one attached hydrogen (secondary N) is 3. The molecular weight excluding hydrogens is 427 g/mol. The number of fused-ring (bicyclic) bond motifs is 1. The number of aromatic nitrogens is 1. The average molecular weight is 452 g/mol. The zero-order valence-corrected chi connectivity index (χ0v) is 17.2. The van der Waals surface area contributed by atoms with E-state index in [0.717, 1.165) is 24.6 Å². The first kappa shape index (κ1) is 19.4. The third-order valence-electron chi connectivity index (χ3n) is 4.18. The third-order valence-corrected chi connectivity index (χ3v) is 4.18. The maximum Gasteiger partial charge on any atom is 0.191 e. The molecule has 0 aliphatic rings. The van der Waals surface area contributed by atoms with Crippen LogP contribution in [0.2, 0.25) is 0 Å². The summed E-state index contributed by atoms with van der Waals surface area (Å²) in [5, 5.41) is 7.94. The number of aliphatic imine (C=N–C) groups is 1. The van der Waals surface area contributed by atoms with E-state index >= 15 is 0 Å². The summed E-state index contributed by atoms with van der Waals surface area (Å²) in [7, 11) is 0. The average Bonchev–Trinajstić information content (AvgIpc) is 3.19. The van der Waals surface area contributed by atoms with Crippen molar-refractivity contribution in [2.75, 3.05) is 6.54 Å². The van der Waals surface area contributed by atoms with Crippen molar-refractivity contribution in [3.63, 3.8) is 0 Å². The summed E-state index contributed by atoms with van der Waals surface area (Å²) in [5.41, 5.74) is 6.03. The van der Waals surface area contributed by atoms with Gasteiger partial charge in [-0.25, -0.2) is 4.99 Å². The normalized spacial score (nSPS) is 11.4. The van der Waals surface area contributed by atoms with E-state index in [4.69, 9.17) is 4.42 Å². The van der Waals surface area contributed by atoms with Crippen LogP contribution in [-0.4, -0.2) is 17.5 Å². The summed E-state index contributed by atoms with van der Waals surface area (Å²) >= 11 is 0. The van der Waals surface area contributed by atoms with E-state index in [-0.39, 0.29) is 24.0 Å². The van der Waals surface area contributed by atoms with Gasteiger partial charge in [0.05, 0.1) is 19.1 Å². The monoisotopic (exact) mass is 452 g/mol. The first-order chi connectivity index (χ1) is 11.7. The van der Waals surface area contributed by atoms with Crippen molar-refractivity contribution in [3.05, 3.63) is 59.2 Å². The molecule has 5 nitrogen and oxygen atoms in total. The van der Waals surface area contributed by atoms with Crippen LogP contribution in [0.25, 0.3) is 10.9 Å². The van der Waals surface area contributed by atoms with Crippen molar-refractivity contribution in [1.82, 2.24) is 15.6 Å². The highest BCUT2D eigenvalue weighted by Crippen LogP contribution is 2.22. The van der Waals surface area contributed by atoms with Crippen molar-refractivity contribution in [2.45, 2.75) is 33.9 Å². The van der Waals surface area contributed by atoms with E-state index in [1.807, 2.05) is 6.07 Å². The Morgan fingerprint density at radius 3 is 2.72 bits per heavy atom. The van der Waals surface area contributed by atoms with Crippen molar-refractivity contribution in [3.8, 4) is 0 Å². The second-order valence-electron chi connectivity index (χ2n) is 5.94. The van der Waals surface area contributed by atoms with Crippen LogP contribution in [-0.2, 0) is 13.1 Å². The Hall–Kier alpha value is -1.96. The molecule has 0 spiro atoms. The Morgan fingerprint density at radius 2 is 2.00 bits per heavy atom. The van der Waals surface area contributed by atoms with Crippen molar-refractivity contribution < 1.29 is 4.42 Å². The van der Waals surface area contributed by atoms with Crippen LogP contribution in [0.4, 0.5) is 0 Å². The molecule has 134 valence electrons. The number of furan rings is 1. The molecule has 1 aromatic carbocycles. The molecule has 2 aromatic heterocycles. The summed E-state index contributed by atoms with van der Waals surface area (Å²) in [5.74, 6) is 0.806. The topological polar surface area (TPSA) is 65.3 Å². The number of aromatic amines is 1. The largest absolute Gasteiger partial charge is 0.472 e. The van der Waals surface area contributed by atoms with Gasteiger partial charge in [0.25, 0.3) is 0 Å². The lowest BCUT2D eigenvalue weighted by Gasteiger charge is -2.11. The van der Waals surface area contributed by atoms with E-state index in [1.165, 1.54) is 27.7 Å². The van der Waals surface area contributed by atoms with Gasteiger partial charge in [0.15, 0.2) is 5.96 Å². The lowest BCUT2D eigenvalue weighted by atomic mass is 10.1. The lowest BCUT2D eigenvalue weighted by molar-refractivity contribution is 0.564. The van der Waals surface area contributed by atoms with E-state index in [0.29, 0.717) is 6.54 Å². The Balaban J connectivity index is 0.00000225. The van der Waals surface area contributed by atoms with Gasteiger partial charge in [0.2, 0.25) is 0 Å². The smallest absolute Gasteiger partial charge is 0.191 e.